The highest BCUT2D eigenvalue weighted by molar-refractivity contribution is 7.92. The molecular weight excluding hydrogens is 128 g/mol. The molecule has 2 aliphatic heterocycles. The topological polar surface area (TPSA) is 46.7 Å². The van der Waals surface area contributed by atoms with Gasteiger partial charge in [0, 0.05) is 0 Å². The van der Waals surface area contributed by atoms with Gasteiger partial charge in [-0.15, -0.1) is 0 Å². The van der Waals surface area contributed by atoms with E-state index in [1.807, 2.05) is 0 Å². The van der Waals surface area contributed by atoms with Gasteiger partial charge in [0.2, 0.25) is 0 Å². The molecule has 0 spiro atoms. The van der Waals surface area contributed by atoms with Crippen LogP contribution in [0.15, 0.2) is 0 Å². The second kappa shape index (κ2) is 1.09. The Morgan fingerprint density at radius 2 is 2.25 bits per heavy atom. The molecule has 2 atom stereocenters. The van der Waals surface area contributed by atoms with Gasteiger partial charge in [0.1, 0.15) is 6.10 Å². The minimum atomic E-state index is -2.77. The Kier molecular flexibility index (Phi) is 0.646. The van der Waals surface area contributed by atoms with Crippen molar-refractivity contribution < 1.29 is 13.2 Å². The second-order valence-corrected chi connectivity index (χ2v) is 4.40. The van der Waals surface area contributed by atoms with E-state index in [1.54, 1.807) is 0 Å². The first-order chi connectivity index (χ1) is 3.70. The quantitative estimate of drug-likeness (QED) is 0.421. The highest BCUT2D eigenvalue weighted by atomic mass is 32.2. The zero-order valence-electron chi connectivity index (χ0n) is 4.20. The molecule has 46 valence electrons. The standard InChI is InChI=1S/C4H6O3S/c5-8(6)2-1-3-4(8)7-3/h3-4H,1-2H2. The summed E-state index contributed by atoms with van der Waals surface area (Å²) in [6.45, 7) is 0. The Morgan fingerprint density at radius 3 is 2.38 bits per heavy atom. The van der Waals surface area contributed by atoms with Gasteiger partial charge in [-0.3, -0.25) is 0 Å². The third kappa shape index (κ3) is 0.444. The normalized spacial score (nSPS) is 48.5. The van der Waals surface area contributed by atoms with Crippen molar-refractivity contribution in [1.82, 2.24) is 0 Å². The lowest BCUT2D eigenvalue weighted by Crippen LogP contribution is -2.05. The van der Waals surface area contributed by atoms with Crippen LogP contribution in [0.2, 0.25) is 0 Å². The van der Waals surface area contributed by atoms with Gasteiger partial charge in [0.25, 0.3) is 0 Å². The Labute approximate surface area is 47.6 Å². The summed E-state index contributed by atoms with van der Waals surface area (Å²) in [6, 6.07) is 0. The van der Waals surface area contributed by atoms with Gasteiger partial charge in [-0.25, -0.2) is 8.42 Å². The van der Waals surface area contributed by atoms with Gasteiger partial charge in [-0.2, -0.15) is 0 Å². The zero-order chi connectivity index (χ0) is 5.78. The smallest absolute Gasteiger partial charge is 0.185 e. The maximum Gasteiger partial charge on any atom is 0.185 e. The average molecular weight is 134 g/mol. The Balaban J connectivity index is 2.42. The molecule has 8 heavy (non-hydrogen) atoms. The molecule has 0 aromatic rings. The Morgan fingerprint density at radius 1 is 1.50 bits per heavy atom. The zero-order valence-corrected chi connectivity index (χ0v) is 5.02. The molecule has 4 heteroatoms. The van der Waals surface area contributed by atoms with E-state index in [9.17, 15) is 8.42 Å². The molecule has 0 aromatic carbocycles. The summed E-state index contributed by atoms with van der Waals surface area (Å²) in [7, 11) is -2.77. The lowest BCUT2D eigenvalue weighted by atomic mass is 10.4. The summed E-state index contributed by atoms with van der Waals surface area (Å²) in [4.78, 5) is 0. The molecule has 2 rings (SSSR count). The number of hydrogen-bond donors (Lipinski definition) is 0. The summed E-state index contributed by atoms with van der Waals surface area (Å²) in [6.07, 6.45) is 0.785. The van der Waals surface area contributed by atoms with Gasteiger partial charge in [-0.1, -0.05) is 0 Å². The van der Waals surface area contributed by atoms with E-state index in [0.29, 0.717) is 12.2 Å². The maximum atomic E-state index is 10.7. The lowest BCUT2D eigenvalue weighted by Gasteiger charge is -1.88. The van der Waals surface area contributed by atoms with Crippen molar-refractivity contribution in [3.63, 3.8) is 0 Å². The van der Waals surface area contributed by atoms with Crippen LogP contribution in [-0.2, 0) is 14.6 Å². The van der Waals surface area contributed by atoms with Crippen LogP contribution in [0, 0.1) is 0 Å². The first kappa shape index (κ1) is 4.76. The Bertz CT molecular complexity index is 205. The third-order valence-electron chi connectivity index (χ3n) is 1.58. The van der Waals surface area contributed by atoms with Crippen LogP contribution in [0.25, 0.3) is 0 Å². The van der Waals surface area contributed by atoms with Crippen molar-refractivity contribution in [2.45, 2.75) is 18.0 Å². The third-order valence-corrected chi connectivity index (χ3v) is 3.50. The molecule has 3 nitrogen and oxygen atoms in total. The first-order valence-corrected chi connectivity index (χ1v) is 4.29. The van der Waals surface area contributed by atoms with Gasteiger partial charge < -0.3 is 4.74 Å². The predicted molar refractivity (Wildman–Crippen MR) is 27.1 cm³/mol. The number of fused-ring (bicyclic) bond motifs is 1. The summed E-state index contributed by atoms with van der Waals surface area (Å²) < 4.78 is 26.1. The van der Waals surface area contributed by atoms with Gasteiger partial charge in [0.15, 0.2) is 15.3 Å². The van der Waals surface area contributed by atoms with E-state index in [1.165, 1.54) is 0 Å². The van der Waals surface area contributed by atoms with E-state index >= 15 is 0 Å². The molecule has 0 amide bonds. The minimum absolute atomic E-state index is 0.0694. The first-order valence-electron chi connectivity index (χ1n) is 2.57. The number of ether oxygens (including phenoxy) is 1. The summed E-state index contributed by atoms with van der Waals surface area (Å²) >= 11 is 0. The molecule has 0 aromatic heterocycles. The lowest BCUT2D eigenvalue weighted by molar-refractivity contribution is 0.379. The summed E-state index contributed by atoms with van der Waals surface area (Å²) in [5.74, 6) is 0.336. The molecule has 0 aliphatic carbocycles. The van der Waals surface area contributed by atoms with Crippen LogP contribution in [0.5, 0.6) is 0 Å². The van der Waals surface area contributed by atoms with Crippen LogP contribution in [0.3, 0.4) is 0 Å². The number of epoxide rings is 1. The minimum Gasteiger partial charge on any atom is -0.352 e. The highest BCUT2D eigenvalue weighted by Gasteiger charge is 2.54. The van der Waals surface area contributed by atoms with E-state index in [0.717, 1.165) is 0 Å². The number of hydrogen-bond acceptors (Lipinski definition) is 3. The SMILES string of the molecule is O=S1(=O)CCC2OC21. The fourth-order valence-corrected chi connectivity index (χ4v) is 2.75. The van der Waals surface area contributed by atoms with Gasteiger partial charge >= 0.3 is 0 Å². The molecule has 0 N–H and O–H groups in total. The fraction of sp³-hybridized carbons (Fsp3) is 1.00. The van der Waals surface area contributed by atoms with E-state index in [-0.39, 0.29) is 6.10 Å². The van der Waals surface area contributed by atoms with Crippen LogP contribution in [-0.4, -0.2) is 25.7 Å². The van der Waals surface area contributed by atoms with Crippen molar-refractivity contribution in [2.75, 3.05) is 5.75 Å². The van der Waals surface area contributed by atoms with Gasteiger partial charge in [0.05, 0.1) is 5.75 Å². The van der Waals surface area contributed by atoms with Crippen LogP contribution in [0.4, 0.5) is 0 Å². The molecule has 2 aliphatic rings. The highest BCUT2D eigenvalue weighted by Crippen LogP contribution is 2.37. The molecule has 0 saturated carbocycles. The van der Waals surface area contributed by atoms with Crippen molar-refractivity contribution in [2.24, 2.45) is 0 Å². The monoisotopic (exact) mass is 134 g/mol. The maximum absolute atomic E-state index is 10.7. The molecule has 2 unspecified atom stereocenters. The number of sulfone groups is 1. The molecule has 0 bridgehead atoms. The second-order valence-electron chi connectivity index (χ2n) is 2.20. The summed E-state index contributed by atoms with van der Waals surface area (Å²) in [5.41, 5.74) is -0.400. The van der Waals surface area contributed by atoms with Crippen LogP contribution >= 0.6 is 0 Å². The fourth-order valence-electron chi connectivity index (χ4n) is 1.04. The predicted octanol–water partition coefficient (Wildman–Crippen LogP) is -0.470. The molecule has 0 radical (unpaired) electrons. The van der Waals surface area contributed by atoms with Crippen molar-refractivity contribution in [3.8, 4) is 0 Å². The van der Waals surface area contributed by atoms with E-state index in [4.69, 9.17) is 4.74 Å². The van der Waals surface area contributed by atoms with Gasteiger partial charge in [-0.05, 0) is 6.42 Å². The molecule has 2 saturated heterocycles. The van der Waals surface area contributed by atoms with Crippen LogP contribution in [0.1, 0.15) is 6.42 Å². The Hall–Kier alpha value is -0.0900. The van der Waals surface area contributed by atoms with E-state index in [2.05, 4.69) is 0 Å². The van der Waals surface area contributed by atoms with Crippen molar-refractivity contribution in [3.05, 3.63) is 0 Å². The largest absolute Gasteiger partial charge is 0.352 e. The average Bonchev–Trinajstić information content (AvgIpc) is 2.34. The van der Waals surface area contributed by atoms with Crippen LogP contribution < -0.4 is 0 Å². The van der Waals surface area contributed by atoms with Crippen molar-refractivity contribution in [1.29, 1.82) is 0 Å². The van der Waals surface area contributed by atoms with E-state index < -0.39 is 15.3 Å². The molecule has 2 heterocycles. The number of rotatable bonds is 0. The molecule has 2 fully saturated rings. The summed E-state index contributed by atoms with van der Waals surface area (Å²) in [5, 5.41) is 0. The van der Waals surface area contributed by atoms with Crippen molar-refractivity contribution >= 4 is 9.84 Å². The molecular formula is C4H6O3S.